The first-order valence-electron chi connectivity index (χ1n) is 11.2. The predicted molar refractivity (Wildman–Crippen MR) is 123 cm³/mol. The largest absolute Gasteiger partial charge is 0.400 e. The van der Waals surface area contributed by atoms with E-state index >= 15 is 0 Å². The maximum absolute atomic E-state index is 10.1. The molecule has 3 atom stereocenters. The van der Waals surface area contributed by atoms with Gasteiger partial charge in [-0.15, -0.1) is 0 Å². The molecule has 0 amide bonds. The van der Waals surface area contributed by atoms with Crippen LogP contribution in [0.2, 0.25) is 19.6 Å². The van der Waals surface area contributed by atoms with Crippen molar-refractivity contribution in [3.63, 3.8) is 0 Å². The highest BCUT2D eigenvalue weighted by Crippen LogP contribution is 2.33. The number of ether oxygens (including phenoxy) is 2. The lowest BCUT2D eigenvalue weighted by Crippen LogP contribution is -2.43. The van der Waals surface area contributed by atoms with E-state index in [1.807, 2.05) is 0 Å². The predicted octanol–water partition coefficient (Wildman–Crippen LogP) is 6.75. The van der Waals surface area contributed by atoms with Crippen LogP contribution in [0.5, 0.6) is 0 Å². The van der Waals surface area contributed by atoms with Crippen molar-refractivity contribution in [1.29, 1.82) is 5.26 Å². The SMILES string of the molecule is CC(C)=CCCC(C)CC(C#N)(C/C(C)=C/COC1CCCCO1)O[Si](C)(C)C. The van der Waals surface area contributed by atoms with Crippen LogP contribution in [0.25, 0.3) is 0 Å². The van der Waals surface area contributed by atoms with Gasteiger partial charge in [-0.05, 0) is 84.9 Å². The van der Waals surface area contributed by atoms with E-state index in [1.165, 1.54) is 12.0 Å². The first-order valence-corrected chi connectivity index (χ1v) is 14.6. The lowest BCUT2D eigenvalue weighted by atomic mass is 9.85. The summed E-state index contributed by atoms with van der Waals surface area (Å²) in [5.41, 5.74) is 1.75. The Morgan fingerprint density at radius 1 is 1.24 bits per heavy atom. The third-order valence-electron chi connectivity index (χ3n) is 5.01. The molecule has 0 bridgehead atoms. The van der Waals surface area contributed by atoms with Crippen LogP contribution in [0.1, 0.15) is 72.6 Å². The van der Waals surface area contributed by atoms with E-state index in [0.717, 1.165) is 44.3 Å². The number of hydrogen-bond donors (Lipinski definition) is 0. The van der Waals surface area contributed by atoms with Gasteiger partial charge in [-0.3, -0.25) is 0 Å². The summed E-state index contributed by atoms with van der Waals surface area (Å²) < 4.78 is 18.0. The molecular weight excluding hydrogens is 378 g/mol. The first kappa shape index (κ1) is 26.1. The van der Waals surface area contributed by atoms with Gasteiger partial charge < -0.3 is 13.9 Å². The molecule has 0 N–H and O–H groups in total. The zero-order valence-electron chi connectivity index (χ0n) is 19.8. The van der Waals surface area contributed by atoms with Crippen LogP contribution < -0.4 is 0 Å². The van der Waals surface area contributed by atoms with Crippen LogP contribution in [0.4, 0.5) is 0 Å². The summed E-state index contributed by atoms with van der Waals surface area (Å²) in [6.45, 7) is 16.4. The minimum Gasteiger partial charge on any atom is -0.400 e. The van der Waals surface area contributed by atoms with Gasteiger partial charge in [0.25, 0.3) is 0 Å². The highest BCUT2D eigenvalue weighted by atomic mass is 28.4. The fourth-order valence-electron chi connectivity index (χ4n) is 3.83. The first-order chi connectivity index (χ1) is 13.6. The topological polar surface area (TPSA) is 51.5 Å². The molecule has 166 valence electrons. The van der Waals surface area contributed by atoms with Crippen molar-refractivity contribution in [2.24, 2.45) is 5.92 Å². The monoisotopic (exact) mass is 421 g/mol. The van der Waals surface area contributed by atoms with Crippen molar-refractivity contribution in [2.75, 3.05) is 13.2 Å². The van der Waals surface area contributed by atoms with Crippen LogP contribution in [0, 0.1) is 17.2 Å². The van der Waals surface area contributed by atoms with Gasteiger partial charge in [-0.25, -0.2) is 0 Å². The molecule has 29 heavy (non-hydrogen) atoms. The van der Waals surface area contributed by atoms with E-state index in [0.29, 0.717) is 18.9 Å². The second kappa shape index (κ2) is 12.7. The average molecular weight is 422 g/mol. The van der Waals surface area contributed by atoms with Crippen molar-refractivity contribution in [1.82, 2.24) is 0 Å². The molecule has 1 aliphatic rings. The molecule has 1 heterocycles. The van der Waals surface area contributed by atoms with E-state index in [1.54, 1.807) is 0 Å². The third-order valence-corrected chi connectivity index (χ3v) is 6.01. The quantitative estimate of drug-likeness (QED) is 0.258. The van der Waals surface area contributed by atoms with Gasteiger partial charge in [0.05, 0.1) is 12.7 Å². The molecule has 0 radical (unpaired) electrons. The Bertz CT molecular complexity index is 578. The second-order valence-corrected chi connectivity index (χ2v) is 14.3. The Hall–Kier alpha value is -0.933. The number of nitriles is 1. The minimum absolute atomic E-state index is 0.0816. The maximum Gasteiger partial charge on any atom is 0.185 e. The van der Waals surface area contributed by atoms with Crippen molar-refractivity contribution in [3.05, 3.63) is 23.3 Å². The number of hydrogen-bond acceptors (Lipinski definition) is 4. The molecule has 1 aliphatic heterocycles. The fourth-order valence-corrected chi connectivity index (χ4v) is 5.20. The normalized spacial score (nSPS) is 21.2. The number of rotatable bonds is 12. The standard InChI is InChI=1S/C24H43NO3Si/c1-20(2)11-10-12-21(3)17-24(19-25,28-29(5,6)7)18-22(4)14-16-27-23-13-8-9-15-26-23/h11,14,21,23H,8-10,12-13,15-18H2,1-7H3/b22-14+. The molecule has 4 nitrogen and oxygen atoms in total. The van der Waals surface area contributed by atoms with Crippen molar-refractivity contribution >= 4 is 8.32 Å². The van der Waals surface area contributed by atoms with E-state index in [-0.39, 0.29) is 6.29 Å². The Kier molecular flexibility index (Phi) is 11.4. The lowest BCUT2D eigenvalue weighted by Gasteiger charge is -2.36. The van der Waals surface area contributed by atoms with Crippen LogP contribution in [-0.2, 0) is 13.9 Å². The van der Waals surface area contributed by atoms with Gasteiger partial charge in [0.2, 0.25) is 0 Å². The molecule has 5 heteroatoms. The van der Waals surface area contributed by atoms with E-state index < -0.39 is 13.9 Å². The molecule has 0 aromatic rings. The summed E-state index contributed by atoms with van der Waals surface area (Å²) in [6.07, 6.45) is 11.1. The number of nitrogens with zero attached hydrogens (tertiary/aromatic N) is 1. The molecule has 1 saturated heterocycles. The Morgan fingerprint density at radius 3 is 2.52 bits per heavy atom. The summed E-state index contributed by atoms with van der Waals surface area (Å²) >= 11 is 0. The zero-order chi connectivity index (χ0) is 21.9. The van der Waals surface area contributed by atoms with Crippen LogP contribution in [0.15, 0.2) is 23.3 Å². The van der Waals surface area contributed by atoms with Gasteiger partial charge >= 0.3 is 0 Å². The molecule has 1 fully saturated rings. The molecule has 0 saturated carbocycles. The summed E-state index contributed by atoms with van der Waals surface area (Å²) in [6, 6.07) is 2.56. The molecule has 0 aromatic carbocycles. The summed E-state index contributed by atoms with van der Waals surface area (Å²) in [5, 5.41) is 10.1. The summed E-state index contributed by atoms with van der Waals surface area (Å²) in [5.74, 6) is 0.432. The van der Waals surface area contributed by atoms with Gasteiger partial charge in [0, 0.05) is 13.0 Å². The fraction of sp³-hybridized carbons (Fsp3) is 0.792. The third kappa shape index (κ3) is 11.7. The van der Waals surface area contributed by atoms with Gasteiger partial charge in [0.15, 0.2) is 14.6 Å². The van der Waals surface area contributed by atoms with Crippen molar-refractivity contribution in [2.45, 2.75) is 104 Å². The maximum atomic E-state index is 10.1. The van der Waals surface area contributed by atoms with Gasteiger partial charge in [-0.1, -0.05) is 30.2 Å². The molecule has 0 aromatic heterocycles. The smallest absolute Gasteiger partial charge is 0.185 e. The summed E-state index contributed by atoms with van der Waals surface area (Å²) in [4.78, 5) is 0. The van der Waals surface area contributed by atoms with Crippen LogP contribution in [-0.4, -0.2) is 33.4 Å². The highest BCUT2D eigenvalue weighted by molar-refractivity contribution is 6.69. The van der Waals surface area contributed by atoms with Crippen molar-refractivity contribution in [3.8, 4) is 6.07 Å². The second-order valence-electron chi connectivity index (χ2n) is 9.85. The Balaban J connectivity index is 2.74. The minimum atomic E-state index is -1.87. The Labute approximate surface area is 180 Å². The number of allylic oxidation sites excluding steroid dienone is 2. The van der Waals surface area contributed by atoms with E-state index in [2.05, 4.69) is 65.6 Å². The molecule has 1 rings (SSSR count). The molecular formula is C24H43NO3Si. The molecule has 3 unspecified atom stereocenters. The van der Waals surface area contributed by atoms with Gasteiger partial charge in [-0.2, -0.15) is 5.26 Å². The molecule has 0 aliphatic carbocycles. The van der Waals surface area contributed by atoms with Crippen LogP contribution >= 0.6 is 0 Å². The van der Waals surface area contributed by atoms with Gasteiger partial charge in [0.1, 0.15) is 5.60 Å². The average Bonchev–Trinajstić information content (AvgIpc) is 2.60. The lowest BCUT2D eigenvalue weighted by molar-refractivity contribution is -0.155. The van der Waals surface area contributed by atoms with E-state index in [4.69, 9.17) is 13.9 Å². The van der Waals surface area contributed by atoms with Crippen LogP contribution in [0.3, 0.4) is 0 Å². The highest BCUT2D eigenvalue weighted by Gasteiger charge is 2.37. The zero-order valence-corrected chi connectivity index (χ0v) is 20.8. The van der Waals surface area contributed by atoms with Crippen molar-refractivity contribution < 1.29 is 13.9 Å². The Morgan fingerprint density at radius 2 is 1.97 bits per heavy atom. The summed E-state index contributed by atoms with van der Waals surface area (Å²) in [7, 11) is -1.87. The van der Waals surface area contributed by atoms with E-state index in [9.17, 15) is 5.26 Å². The molecule has 0 spiro atoms.